The largest absolute Gasteiger partial charge is 0.469 e. The maximum absolute atomic E-state index is 13.1. The highest BCUT2D eigenvalue weighted by Gasteiger charge is 2.21. The summed E-state index contributed by atoms with van der Waals surface area (Å²) in [5.74, 6) is 0.755. The maximum Gasteiger partial charge on any atom is 0.223 e. The Morgan fingerprint density at radius 2 is 1.96 bits per heavy atom. The first-order valence-corrected chi connectivity index (χ1v) is 7.95. The first-order valence-electron chi connectivity index (χ1n) is 7.95. The zero-order valence-corrected chi connectivity index (χ0v) is 12.9. The van der Waals surface area contributed by atoms with Gasteiger partial charge in [0.25, 0.3) is 0 Å². The molecule has 1 N–H and O–H groups in total. The molecule has 1 aliphatic carbocycles. The molecule has 0 bridgehead atoms. The lowest BCUT2D eigenvalue weighted by atomic mass is 9.93. The van der Waals surface area contributed by atoms with Gasteiger partial charge in [-0.05, 0) is 49.1 Å². The summed E-state index contributed by atoms with van der Waals surface area (Å²) in [6, 6.07) is 10.2. The zero-order chi connectivity index (χ0) is 16.1. The summed E-state index contributed by atoms with van der Waals surface area (Å²) in [4.78, 5) is 12.1. The predicted octanol–water partition coefficient (Wildman–Crippen LogP) is 4.02. The lowest BCUT2D eigenvalue weighted by Crippen LogP contribution is -2.31. The Bertz CT molecular complexity index is 653. The molecule has 2 aromatic rings. The Kier molecular flexibility index (Phi) is 4.91. The van der Waals surface area contributed by atoms with Crippen LogP contribution in [0.2, 0.25) is 0 Å². The van der Waals surface area contributed by atoms with Crippen molar-refractivity contribution in [2.45, 2.75) is 25.2 Å². The van der Waals surface area contributed by atoms with E-state index in [2.05, 4.69) is 17.5 Å². The van der Waals surface area contributed by atoms with Crippen molar-refractivity contribution in [3.8, 4) is 0 Å². The number of allylic oxidation sites excluding steroid dienone is 2. The highest BCUT2D eigenvalue weighted by Crippen LogP contribution is 2.28. The van der Waals surface area contributed by atoms with Gasteiger partial charge >= 0.3 is 0 Å². The smallest absolute Gasteiger partial charge is 0.223 e. The fourth-order valence-corrected chi connectivity index (χ4v) is 2.97. The van der Waals surface area contributed by atoms with E-state index < -0.39 is 0 Å². The fourth-order valence-electron chi connectivity index (χ4n) is 2.97. The van der Waals surface area contributed by atoms with E-state index in [9.17, 15) is 9.18 Å². The molecule has 1 aliphatic rings. The monoisotopic (exact) mass is 313 g/mol. The Hall–Kier alpha value is -2.36. The molecule has 23 heavy (non-hydrogen) atoms. The van der Waals surface area contributed by atoms with E-state index >= 15 is 0 Å². The van der Waals surface area contributed by atoms with Crippen LogP contribution in [0.3, 0.4) is 0 Å². The van der Waals surface area contributed by atoms with Crippen molar-refractivity contribution in [1.82, 2.24) is 5.32 Å². The van der Waals surface area contributed by atoms with Crippen LogP contribution in [0.5, 0.6) is 0 Å². The molecule has 0 radical (unpaired) electrons. The highest BCUT2D eigenvalue weighted by atomic mass is 19.1. The molecule has 120 valence electrons. The highest BCUT2D eigenvalue weighted by molar-refractivity contribution is 5.79. The summed E-state index contributed by atoms with van der Waals surface area (Å²) in [6.45, 7) is 0.568. The van der Waals surface area contributed by atoms with Gasteiger partial charge in [0.15, 0.2) is 0 Å². The van der Waals surface area contributed by atoms with Crippen molar-refractivity contribution in [3.63, 3.8) is 0 Å². The van der Waals surface area contributed by atoms with E-state index in [-0.39, 0.29) is 23.6 Å². The van der Waals surface area contributed by atoms with Gasteiger partial charge in [0.1, 0.15) is 11.6 Å². The van der Waals surface area contributed by atoms with Crippen molar-refractivity contribution in [2.75, 3.05) is 6.54 Å². The Labute approximate surface area is 135 Å². The third kappa shape index (κ3) is 3.89. The molecule has 3 rings (SSSR count). The summed E-state index contributed by atoms with van der Waals surface area (Å²) in [6.07, 6.45) is 8.10. The minimum atomic E-state index is -0.256. The molecular formula is C19H20FNO2. The second-order valence-electron chi connectivity index (χ2n) is 5.84. The maximum atomic E-state index is 13.1. The van der Waals surface area contributed by atoms with Gasteiger partial charge in [0, 0.05) is 18.4 Å². The van der Waals surface area contributed by atoms with Crippen LogP contribution < -0.4 is 5.32 Å². The van der Waals surface area contributed by atoms with E-state index in [0.717, 1.165) is 24.2 Å². The van der Waals surface area contributed by atoms with Crippen LogP contribution >= 0.6 is 0 Å². The summed E-state index contributed by atoms with van der Waals surface area (Å²) in [7, 11) is 0. The molecule has 0 spiro atoms. The molecule has 0 saturated carbocycles. The Morgan fingerprint density at radius 1 is 1.22 bits per heavy atom. The molecule has 1 heterocycles. The van der Waals surface area contributed by atoms with E-state index in [0.29, 0.717) is 13.0 Å². The van der Waals surface area contributed by atoms with Crippen LogP contribution in [0.15, 0.2) is 59.2 Å². The van der Waals surface area contributed by atoms with Crippen LogP contribution in [0.25, 0.3) is 0 Å². The standard InChI is InChI=1S/C19H20FNO2/c20-16-9-7-14(8-10-16)17(18-6-3-13-23-18)11-12-21-19(22)15-4-1-2-5-15/h1-3,6-10,13,15,17H,4-5,11-12H2,(H,21,22). The van der Waals surface area contributed by atoms with Crippen LogP contribution in [-0.4, -0.2) is 12.5 Å². The van der Waals surface area contributed by atoms with E-state index in [1.807, 2.05) is 12.1 Å². The van der Waals surface area contributed by atoms with E-state index in [4.69, 9.17) is 4.42 Å². The van der Waals surface area contributed by atoms with Crippen molar-refractivity contribution < 1.29 is 13.6 Å². The zero-order valence-electron chi connectivity index (χ0n) is 12.9. The number of rotatable bonds is 6. The molecule has 1 amide bonds. The van der Waals surface area contributed by atoms with Crippen molar-refractivity contribution in [2.24, 2.45) is 5.92 Å². The third-order valence-corrected chi connectivity index (χ3v) is 4.27. The molecule has 0 saturated heterocycles. The first-order chi connectivity index (χ1) is 11.2. The van der Waals surface area contributed by atoms with Gasteiger partial charge in [0.05, 0.1) is 6.26 Å². The first kappa shape index (κ1) is 15.5. The van der Waals surface area contributed by atoms with Gasteiger partial charge in [-0.15, -0.1) is 0 Å². The number of amides is 1. The molecule has 1 unspecified atom stereocenters. The molecule has 1 aromatic carbocycles. The number of hydrogen-bond acceptors (Lipinski definition) is 2. The number of furan rings is 1. The average molecular weight is 313 g/mol. The number of carbonyl (C=O) groups is 1. The number of hydrogen-bond donors (Lipinski definition) is 1. The van der Waals surface area contributed by atoms with Crippen LogP contribution in [0, 0.1) is 11.7 Å². The van der Waals surface area contributed by atoms with Crippen molar-refractivity contribution >= 4 is 5.91 Å². The summed E-state index contributed by atoms with van der Waals surface area (Å²) in [5, 5.41) is 3.00. The topological polar surface area (TPSA) is 42.2 Å². The summed E-state index contributed by atoms with van der Waals surface area (Å²) >= 11 is 0. The minimum Gasteiger partial charge on any atom is -0.469 e. The molecular weight excluding hydrogens is 293 g/mol. The summed E-state index contributed by atoms with van der Waals surface area (Å²) in [5.41, 5.74) is 0.984. The molecule has 1 aromatic heterocycles. The van der Waals surface area contributed by atoms with Gasteiger partial charge in [-0.25, -0.2) is 4.39 Å². The van der Waals surface area contributed by atoms with Crippen molar-refractivity contribution in [1.29, 1.82) is 0 Å². The lowest BCUT2D eigenvalue weighted by Gasteiger charge is -2.17. The minimum absolute atomic E-state index is 0.00704. The Morgan fingerprint density at radius 3 is 2.61 bits per heavy atom. The third-order valence-electron chi connectivity index (χ3n) is 4.27. The lowest BCUT2D eigenvalue weighted by molar-refractivity contribution is -0.124. The van der Waals surface area contributed by atoms with Crippen molar-refractivity contribution in [3.05, 3.63) is 72.0 Å². The Balaban J connectivity index is 1.62. The number of benzene rings is 1. The van der Waals surface area contributed by atoms with E-state index in [1.165, 1.54) is 12.1 Å². The van der Waals surface area contributed by atoms with Crippen LogP contribution in [-0.2, 0) is 4.79 Å². The van der Waals surface area contributed by atoms with Crippen LogP contribution in [0.1, 0.15) is 36.5 Å². The summed E-state index contributed by atoms with van der Waals surface area (Å²) < 4.78 is 18.7. The molecule has 3 nitrogen and oxygen atoms in total. The number of halogens is 1. The number of carbonyl (C=O) groups excluding carboxylic acids is 1. The number of nitrogens with one attached hydrogen (secondary N) is 1. The van der Waals surface area contributed by atoms with E-state index in [1.54, 1.807) is 18.4 Å². The average Bonchev–Trinajstić information content (AvgIpc) is 3.26. The molecule has 4 heteroatoms. The van der Waals surface area contributed by atoms with Gasteiger partial charge in [0.2, 0.25) is 5.91 Å². The van der Waals surface area contributed by atoms with Gasteiger partial charge < -0.3 is 9.73 Å². The second kappa shape index (κ2) is 7.27. The fraction of sp³-hybridized carbons (Fsp3) is 0.316. The van der Waals surface area contributed by atoms with Crippen LogP contribution in [0.4, 0.5) is 4.39 Å². The molecule has 0 fully saturated rings. The predicted molar refractivity (Wildman–Crippen MR) is 86.4 cm³/mol. The normalized spacial score (nSPS) is 15.7. The molecule has 1 atom stereocenters. The van der Waals surface area contributed by atoms with Gasteiger partial charge in [-0.1, -0.05) is 24.3 Å². The quantitative estimate of drug-likeness (QED) is 0.818. The second-order valence-corrected chi connectivity index (χ2v) is 5.84. The van der Waals surface area contributed by atoms with Gasteiger partial charge in [-0.3, -0.25) is 4.79 Å². The SMILES string of the molecule is O=C(NCCC(c1ccc(F)cc1)c1ccco1)C1CC=CC1. The molecule has 0 aliphatic heterocycles. The van der Waals surface area contributed by atoms with Gasteiger partial charge in [-0.2, -0.15) is 0 Å².